The van der Waals surface area contributed by atoms with Gasteiger partial charge in [0, 0.05) is 6.07 Å². The maximum atomic E-state index is 13.4. The predicted octanol–water partition coefficient (Wildman–Crippen LogP) is 3.58. The first-order chi connectivity index (χ1) is 10.3. The molecule has 22 heavy (non-hydrogen) atoms. The zero-order valence-corrected chi connectivity index (χ0v) is 11.5. The Labute approximate surface area is 125 Å². The summed E-state index contributed by atoms with van der Waals surface area (Å²) in [5, 5.41) is 3.45. The summed E-state index contributed by atoms with van der Waals surface area (Å²) in [5.74, 6) is -9.95. The monoisotopic (exact) mass is 336 g/mol. The van der Waals surface area contributed by atoms with Crippen molar-refractivity contribution < 1.29 is 22.0 Å². The molecule has 2 rings (SSSR count). The van der Waals surface area contributed by atoms with Crippen LogP contribution in [0.15, 0.2) is 11.2 Å². The average Bonchev–Trinajstić information content (AvgIpc) is 2.46. The van der Waals surface area contributed by atoms with Crippen LogP contribution in [0.1, 0.15) is 11.4 Å². The Kier molecular flexibility index (Phi) is 4.55. The van der Waals surface area contributed by atoms with Crippen LogP contribution in [0.2, 0.25) is 5.15 Å². The van der Waals surface area contributed by atoms with Gasteiger partial charge in [0.05, 0.1) is 11.8 Å². The summed E-state index contributed by atoms with van der Waals surface area (Å²) in [6, 6.07) is 1.25. The highest BCUT2D eigenvalue weighted by molar-refractivity contribution is 6.29. The fourth-order valence-corrected chi connectivity index (χ4v) is 1.71. The summed E-state index contributed by atoms with van der Waals surface area (Å²) in [5.41, 5.74) is 1.06. The SMILES string of the molecule is Cc1nc(Cl)cc(NN=Cc2c(F)c(F)c(F)c(F)c2F)n1. The molecule has 0 aliphatic rings. The molecule has 1 aromatic heterocycles. The second kappa shape index (κ2) is 6.22. The first-order valence-corrected chi connectivity index (χ1v) is 6.00. The second-order valence-corrected chi connectivity index (χ2v) is 4.36. The Bertz CT molecular complexity index is 716. The summed E-state index contributed by atoms with van der Waals surface area (Å²) in [6.07, 6.45) is 0.446. The van der Waals surface area contributed by atoms with E-state index >= 15 is 0 Å². The van der Waals surface area contributed by atoms with Gasteiger partial charge in [-0.15, -0.1) is 0 Å². The molecule has 4 nitrogen and oxygen atoms in total. The van der Waals surface area contributed by atoms with E-state index in [4.69, 9.17) is 11.6 Å². The summed E-state index contributed by atoms with van der Waals surface area (Å²) < 4.78 is 65.5. The molecule has 0 saturated carbocycles. The molecule has 0 fully saturated rings. The summed E-state index contributed by atoms with van der Waals surface area (Å²) in [4.78, 5) is 7.61. The highest BCUT2D eigenvalue weighted by Gasteiger charge is 2.24. The van der Waals surface area contributed by atoms with Gasteiger partial charge in [-0.2, -0.15) is 5.10 Å². The highest BCUT2D eigenvalue weighted by Crippen LogP contribution is 2.21. The van der Waals surface area contributed by atoms with Crippen molar-refractivity contribution in [3.05, 3.63) is 51.7 Å². The van der Waals surface area contributed by atoms with Crippen molar-refractivity contribution in [3.63, 3.8) is 0 Å². The molecule has 2 aromatic rings. The van der Waals surface area contributed by atoms with Gasteiger partial charge < -0.3 is 0 Å². The zero-order valence-electron chi connectivity index (χ0n) is 10.8. The Morgan fingerprint density at radius 3 is 2.09 bits per heavy atom. The first-order valence-electron chi connectivity index (χ1n) is 5.63. The average molecular weight is 337 g/mol. The molecule has 0 radical (unpaired) electrons. The van der Waals surface area contributed by atoms with Gasteiger partial charge in [0.1, 0.15) is 11.0 Å². The molecule has 0 bridgehead atoms. The zero-order chi connectivity index (χ0) is 16.4. The van der Waals surface area contributed by atoms with Gasteiger partial charge in [0.15, 0.2) is 29.1 Å². The van der Waals surface area contributed by atoms with Crippen molar-refractivity contribution in [3.8, 4) is 0 Å². The van der Waals surface area contributed by atoms with E-state index < -0.39 is 34.6 Å². The van der Waals surface area contributed by atoms with Crippen molar-refractivity contribution in [2.45, 2.75) is 6.92 Å². The second-order valence-electron chi connectivity index (χ2n) is 3.98. The quantitative estimate of drug-likeness (QED) is 0.233. The number of rotatable bonds is 3. The number of halogens is 6. The lowest BCUT2D eigenvalue weighted by atomic mass is 10.2. The smallest absolute Gasteiger partial charge is 0.200 e. The van der Waals surface area contributed by atoms with Gasteiger partial charge in [0.25, 0.3) is 0 Å². The van der Waals surface area contributed by atoms with Crippen LogP contribution in [0, 0.1) is 36.0 Å². The molecule has 1 N–H and O–H groups in total. The number of hydrazone groups is 1. The predicted molar refractivity (Wildman–Crippen MR) is 69.2 cm³/mol. The third-order valence-electron chi connectivity index (χ3n) is 2.42. The van der Waals surface area contributed by atoms with Gasteiger partial charge in [-0.25, -0.2) is 31.9 Å². The van der Waals surface area contributed by atoms with Crippen LogP contribution in [-0.2, 0) is 0 Å². The van der Waals surface area contributed by atoms with Crippen molar-refractivity contribution in [1.29, 1.82) is 0 Å². The fourth-order valence-electron chi connectivity index (χ4n) is 1.49. The van der Waals surface area contributed by atoms with Crippen molar-refractivity contribution in [2.75, 3.05) is 5.43 Å². The van der Waals surface area contributed by atoms with Crippen LogP contribution in [0.3, 0.4) is 0 Å². The minimum absolute atomic E-state index is 0.0811. The topological polar surface area (TPSA) is 50.2 Å². The number of aryl methyl sites for hydroxylation is 1. The van der Waals surface area contributed by atoms with Crippen LogP contribution in [0.25, 0.3) is 0 Å². The van der Waals surface area contributed by atoms with Crippen LogP contribution >= 0.6 is 11.6 Å². The molecular formula is C12H6ClF5N4. The number of benzene rings is 1. The summed E-state index contributed by atoms with van der Waals surface area (Å²) >= 11 is 5.65. The number of aromatic nitrogens is 2. The Morgan fingerprint density at radius 1 is 1.00 bits per heavy atom. The largest absolute Gasteiger partial charge is 0.261 e. The molecule has 1 aromatic carbocycles. The van der Waals surface area contributed by atoms with Gasteiger partial charge in [0.2, 0.25) is 5.82 Å². The molecule has 1 heterocycles. The molecule has 0 amide bonds. The van der Waals surface area contributed by atoms with Gasteiger partial charge in [-0.05, 0) is 6.92 Å². The van der Waals surface area contributed by atoms with Crippen molar-refractivity contribution in [1.82, 2.24) is 9.97 Å². The van der Waals surface area contributed by atoms with Crippen LogP contribution in [0.4, 0.5) is 27.8 Å². The van der Waals surface area contributed by atoms with Crippen LogP contribution < -0.4 is 5.43 Å². The number of hydrogen-bond donors (Lipinski definition) is 1. The van der Waals surface area contributed by atoms with Crippen molar-refractivity contribution >= 4 is 23.6 Å². The van der Waals surface area contributed by atoms with E-state index in [1.54, 1.807) is 0 Å². The minimum atomic E-state index is -2.24. The Hall–Kier alpha value is -2.29. The van der Waals surface area contributed by atoms with Crippen molar-refractivity contribution in [2.24, 2.45) is 5.10 Å². The lowest BCUT2D eigenvalue weighted by Gasteiger charge is -2.04. The Morgan fingerprint density at radius 2 is 1.55 bits per heavy atom. The van der Waals surface area contributed by atoms with Crippen LogP contribution in [0.5, 0.6) is 0 Å². The maximum absolute atomic E-state index is 13.4. The molecule has 0 aliphatic heterocycles. The molecular weight excluding hydrogens is 331 g/mol. The highest BCUT2D eigenvalue weighted by atomic mass is 35.5. The maximum Gasteiger partial charge on any atom is 0.200 e. The van der Waals surface area contributed by atoms with E-state index in [0.717, 1.165) is 0 Å². The molecule has 0 spiro atoms. The Balaban J connectivity index is 2.31. The van der Waals surface area contributed by atoms with E-state index in [2.05, 4.69) is 20.5 Å². The number of nitrogens with zero attached hydrogens (tertiary/aromatic N) is 3. The summed E-state index contributed by atoms with van der Waals surface area (Å²) in [6.45, 7) is 1.53. The van der Waals surface area contributed by atoms with E-state index in [9.17, 15) is 22.0 Å². The number of anilines is 1. The summed E-state index contributed by atoms with van der Waals surface area (Å²) in [7, 11) is 0. The minimum Gasteiger partial charge on any atom is -0.261 e. The van der Waals surface area contributed by atoms with E-state index in [-0.39, 0.29) is 11.0 Å². The molecule has 0 saturated heterocycles. The molecule has 116 valence electrons. The lowest BCUT2D eigenvalue weighted by molar-refractivity contribution is 0.377. The van der Waals surface area contributed by atoms with E-state index in [1.807, 2.05) is 0 Å². The van der Waals surface area contributed by atoms with Gasteiger partial charge >= 0.3 is 0 Å². The standard InChI is InChI=1S/C12H6ClF5N4/c1-4-20-6(13)2-7(21-4)22-19-3-5-8(14)10(16)12(18)11(17)9(5)15/h2-3H,1H3,(H,20,21,22). The molecule has 0 aliphatic carbocycles. The third kappa shape index (κ3) is 3.14. The first kappa shape index (κ1) is 16.1. The van der Waals surface area contributed by atoms with Gasteiger partial charge in [-0.3, -0.25) is 5.43 Å². The van der Waals surface area contributed by atoms with E-state index in [0.29, 0.717) is 12.0 Å². The van der Waals surface area contributed by atoms with E-state index in [1.165, 1.54) is 13.0 Å². The lowest BCUT2D eigenvalue weighted by Crippen LogP contribution is -2.07. The molecule has 0 unspecified atom stereocenters. The van der Waals surface area contributed by atoms with Crippen LogP contribution in [-0.4, -0.2) is 16.2 Å². The normalized spacial score (nSPS) is 11.2. The fraction of sp³-hybridized carbons (Fsp3) is 0.0833. The van der Waals surface area contributed by atoms with Gasteiger partial charge in [-0.1, -0.05) is 11.6 Å². The third-order valence-corrected chi connectivity index (χ3v) is 2.62. The number of nitrogens with one attached hydrogen (secondary N) is 1. The number of hydrogen-bond acceptors (Lipinski definition) is 4. The molecule has 0 atom stereocenters. The molecule has 10 heteroatoms.